The molecule has 1 aromatic carbocycles. The Kier molecular flexibility index (Phi) is 5.54. The van der Waals surface area contributed by atoms with Crippen LogP contribution in [0.1, 0.15) is 30.4 Å². The summed E-state index contributed by atoms with van der Waals surface area (Å²) in [4.78, 5) is 9.18. The second-order valence-corrected chi connectivity index (χ2v) is 6.23. The van der Waals surface area contributed by atoms with Crippen LogP contribution >= 0.6 is 31.9 Å². The van der Waals surface area contributed by atoms with Gasteiger partial charge in [0.2, 0.25) is 0 Å². The van der Waals surface area contributed by atoms with Crippen LogP contribution in [0.25, 0.3) is 0 Å². The Bertz CT molecular complexity index is 600. The van der Waals surface area contributed by atoms with Gasteiger partial charge in [-0.15, -0.1) is 0 Å². The van der Waals surface area contributed by atoms with Crippen molar-refractivity contribution in [3.63, 3.8) is 0 Å². The molecule has 2 aromatic rings. The third kappa shape index (κ3) is 3.79. The van der Waals surface area contributed by atoms with Gasteiger partial charge >= 0.3 is 0 Å². The summed E-state index contributed by atoms with van der Waals surface area (Å²) in [6.45, 7) is 5.03. The average Bonchev–Trinajstić information content (AvgIpc) is 2.43. The van der Waals surface area contributed by atoms with Crippen LogP contribution < -0.4 is 5.32 Å². The zero-order chi connectivity index (χ0) is 14.5. The number of nitrogens with one attached hydrogen (secondary N) is 1. The van der Waals surface area contributed by atoms with E-state index in [2.05, 4.69) is 60.1 Å². The Morgan fingerprint density at radius 1 is 1.15 bits per heavy atom. The van der Waals surface area contributed by atoms with Crippen molar-refractivity contribution >= 4 is 37.7 Å². The van der Waals surface area contributed by atoms with Gasteiger partial charge < -0.3 is 5.32 Å². The summed E-state index contributed by atoms with van der Waals surface area (Å²) in [6, 6.07) is 8.17. The second kappa shape index (κ2) is 7.18. The molecule has 1 aromatic heterocycles. The molecule has 106 valence electrons. The van der Waals surface area contributed by atoms with Crippen molar-refractivity contribution in [2.45, 2.75) is 26.7 Å². The third-order valence-corrected chi connectivity index (χ3v) is 4.64. The van der Waals surface area contributed by atoms with Crippen molar-refractivity contribution < 1.29 is 0 Å². The van der Waals surface area contributed by atoms with Crippen LogP contribution in [0.4, 0.5) is 5.82 Å². The van der Waals surface area contributed by atoms with Crippen molar-refractivity contribution in [2.75, 3.05) is 11.9 Å². The normalized spacial score (nSPS) is 10.6. The smallest absolute Gasteiger partial charge is 0.144 e. The van der Waals surface area contributed by atoms with E-state index in [1.807, 2.05) is 25.1 Å². The lowest BCUT2D eigenvalue weighted by molar-refractivity contribution is 0.908. The molecule has 20 heavy (non-hydrogen) atoms. The van der Waals surface area contributed by atoms with Crippen LogP contribution in [-0.4, -0.2) is 16.5 Å². The number of aromatic nitrogens is 2. The van der Waals surface area contributed by atoms with Gasteiger partial charge in [-0.3, -0.25) is 0 Å². The molecule has 1 N–H and O–H groups in total. The SMILES string of the molecule is CCCNc1nc(Cc2ccccc2Br)nc(C)c1Br. The maximum Gasteiger partial charge on any atom is 0.144 e. The minimum Gasteiger partial charge on any atom is -0.369 e. The molecule has 0 spiro atoms. The first-order valence-electron chi connectivity index (χ1n) is 6.62. The summed E-state index contributed by atoms with van der Waals surface area (Å²) in [5.74, 6) is 1.71. The average molecular weight is 399 g/mol. The Morgan fingerprint density at radius 3 is 2.60 bits per heavy atom. The molecule has 0 aliphatic carbocycles. The van der Waals surface area contributed by atoms with Crippen LogP contribution in [0.5, 0.6) is 0 Å². The summed E-state index contributed by atoms with van der Waals surface area (Å²) in [5.41, 5.74) is 2.15. The van der Waals surface area contributed by atoms with Gasteiger partial charge in [0, 0.05) is 17.4 Å². The van der Waals surface area contributed by atoms with Crippen molar-refractivity contribution in [3.8, 4) is 0 Å². The molecule has 0 unspecified atom stereocenters. The van der Waals surface area contributed by atoms with Gasteiger partial charge in [0.05, 0.1) is 10.2 Å². The van der Waals surface area contributed by atoms with E-state index in [-0.39, 0.29) is 0 Å². The Hall–Kier alpha value is -0.940. The maximum absolute atomic E-state index is 4.62. The molecule has 0 saturated carbocycles. The summed E-state index contributed by atoms with van der Waals surface area (Å²) in [5, 5.41) is 3.33. The highest BCUT2D eigenvalue weighted by atomic mass is 79.9. The molecule has 0 radical (unpaired) electrons. The van der Waals surface area contributed by atoms with E-state index in [1.54, 1.807) is 0 Å². The number of nitrogens with zero attached hydrogens (tertiary/aromatic N) is 2. The zero-order valence-corrected chi connectivity index (χ0v) is 14.8. The summed E-state index contributed by atoms with van der Waals surface area (Å²) in [7, 11) is 0. The van der Waals surface area contributed by atoms with E-state index in [9.17, 15) is 0 Å². The van der Waals surface area contributed by atoms with Crippen molar-refractivity contribution in [2.24, 2.45) is 0 Å². The lowest BCUT2D eigenvalue weighted by atomic mass is 10.1. The first kappa shape index (κ1) is 15.4. The summed E-state index contributed by atoms with van der Waals surface area (Å²) >= 11 is 7.11. The number of halogens is 2. The fraction of sp³-hybridized carbons (Fsp3) is 0.333. The Morgan fingerprint density at radius 2 is 1.90 bits per heavy atom. The lowest BCUT2D eigenvalue weighted by Gasteiger charge is -2.11. The molecule has 1 heterocycles. The number of hydrogen-bond donors (Lipinski definition) is 1. The van der Waals surface area contributed by atoms with Gasteiger partial charge in [-0.05, 0) is 40.9 Å². The van der Waals surface area contributed by atoms with E-state index >= 15 is 0 Å². The van der Waals surface area contributed by atoms with E-state index in [0.717, 1.165) is 45.7 Å². The molecule has 5 heteroatoms. The molecule has 0 amide bonds. The zero-order valence-electron chi connectivity index (χ0n) is 11.6. The Labute approximate surface area is 136 Å². The largest absolute Gasteiger partial charge is 0.369 e. The van der Waals surface area contributed by atoms with Crippen LogP contribution in [0.3, 0.4) is 0 Å². The molecule has 0 bridgehead atoms. The van der Waals surface area contributed by atoms with Gasteiger partial charge in [0.25, 0.3) is 0 Å². The minimum atomic E-state index is 0.719. The predicted octanol–water partition coefficient (Wildman–Crippen LogP) is 4.72. The third-order valence-electron chi connectivity index (χ3n) is 2.91. The van der Waals surface area contributed by atoms with E-state index in [1.165, 1.54) is 5.56 Å². The lowest BCUT2D eigenvalue weighted by Crippen LogP contribution is -2.08. The number of aryl methyl sites for hydroxylation is 1. The van der Waals surface area contributed by atoms with E-state index in [0.29, 0.717) is 0 Å². The van der Waals surface area contributed by atoms with Gasteiger partial charge in [0.15, 0.2) is 0 Å². The minimum absolute atomic E-state index is 0.719. The summed E-state index contributed by atoms with van der Waals surface area (Å²) in [6.07, 6.45) is 1.78. The number of benzene rings is 1. The van der Waals surface area contributed by atoms with Crippen molar-refractivity contribution in [1.82, 2.24) is 9.97 Å². The van der Waals surface area contributed by atoms with Gasteiger partial charge in [-0.25, -0.2) is 9.97 Å². The number of anilines is 1. The van der Waals surface area contributed by atoms with Gasteiger partial charge in [-0.1, -0.05) is 41.1 Å². The molecule has 2 rings (SSSR count). The molecule has 0 aliphatic rings. The molecule has 0 saturated heterocycles. The van der Waals surface area contributed by atoms with Crippen molar-refractivity contribution in [3.05, 3.63) is 50.3 Å². The van der Waals surface area contributed by atoms with Crippen molar-refractivity contribution in [1.29, 1.82) is 0 Å². The highest BCUT2D eigenvalue weighted by Gasteiger charge is 2.10. The molecule has 0 aliphatic heterocycles. The maximum atomic E-state index is 4.62. The monoisotopic (exact) mass is 397 g/mol. The molecular formula is C15H17Br2N3. The predicted molar refractivity (Wildman–Crippen MR) is 90.2 cm³/mol. The Balaban J connectivity index is 2.28. The van der Waals surface area contributed by atoms with Gasteiger partial charge in [-0.2, -0.15) is 0 Å². The quantitative estimate of drug-likeness (QED) is 0.791. The van der Waals surface area contributed by atoms with Crippen LogP contribution in [0, 0.1) is 6.92 Å². The first-order chi connectivity index (χ1) is 9.61. The van der Waals surface area contributed by atoms with E-state index in [4.69, 9.17) is 0 Å². The molecular weight excluding hydrogens is 382 g/mol. The summed E-state index contributed by atoms with van der Waals surface area (Å²) < 4.78 is 2.04. The fourth-order valence-electron chi connectivity index (χ4n) is 1.87. The molecule has 3 nitrogen and oxygen atoms in total. The highest BCUT2D eigenvalue weighted by molar-refractivity contribution is 9.11. The van der Waals surface area contributed by atoms with E-state index < -0.39 is 0 Å². The van der Waals surface area contributed by atoms with Crippen LogP contribution in [-0.2, 0) is 6.42 Å². The number of rotatable bonds is 5. The van der Waals surface area contributed by atoms with Crippen LogP contribution in [0.2, 0.25) is 0 Å². The molecule has 0 atom stereocenters. The van der Waals surface area contributed by atoms with Gasteiger partial charge in [0.1, 0.15) is 11.6 Å². The number of hydrogen-bond acceptors (Lipinski definition) is 3. The topological polar surface area (TPSA) is 37.8 Å². The first-order valence-corrected chi connectivity index (χ1v) is 8.20. The standard InChI is InChI=1S/C15H17Br2N3/c1-3-8-18-15-14(17)10(2)19-13(20-15)9-11-6-4-5-7-12(11)16/h4-7H,3,8-9H2,1-2H3,(H,18,19,20). The molecule has 0 fully saturated rings. The van der Waals surface area contributed by atoms with Crippen LogP contribution in [0.15, 0.2) is 33.2 Å². The highest BCUT2D eigenvalue weighted by Crippen LogP contribution is 2.25. The fourth-order valence-corrected chi connectivity index (χ4v) is 2.61. The second-order valence-electron chi connectivity index (χ2n) is 4.58.